The minimum Gasteiger partial charge on any atom is -0.321 e. The van der Waals surface area contributed by atoms with E-state index < -0.39 is 24.1 Å². The molecule has 98 valence electrons. The third-order valence-corrected chi connectivity index (χ3v) is 1.49. The summed E-state index contributed by atoms with van der Waals surface area (Å²) in [6, 6.07) is 3.84. The van der Waals surface area contributed by atoms with Gasteiger partial charge in [-0.15, -0.1) is 0 Å². The molecule has 3 N–H and O–H groups in total. The van der Waals surface area contributed by atoms with E-state index in [0.29, 0.717) is 0 Å². The summed E-state index contributed by atoms with van der Waals surface area (Å²) in [6.07, 6.45) is -5.70. The number of nitrogens with zero attached hydrogens (tertiary/aromatic N) is 1. The molecule has 9 heteroatoms. The first kappa shape index (κ1) is 15.8. The van der Waals surface area contributed by atoms with Crippen molar-refractivity contribution in [3.05, 3.63) is 29.3 Å². The van der Waals surface area contributed by atoms with Crippen molar-refractivity contribution in [1.82, 2.24) is 0 Å². The van der Waals surface area contributed by atoms with Crippen LogP contribution in [0.4, 0.5) is 27.6 Å². The molecule has 0 aliphatic rings. The van der Waals surface area contributed by atoms with E-state index >= 15 is 0 Å². The standard InChI is InChI=1S/C7H5F2N3.C2HF3O/c8-6-4(3-10)1-2-5(12-11)7(6)9;3-2(4,5)1-6/h1-2,12H,11H2;1H. The Hall–Kier alpha value is -2.21. The molecule has 0 amide bonds. The topological polar surface area (TPSA) is 78.9 Å². The van der Waals surface area contributed by atoms with Crippen molar-refractivity contribution >= 4 is 12.0 Å². The highest BCUT2D eigenvalue weighted by Crippen LogP contribution is 2.18. The number of hydrogen-bond donors (Lipinski definition) is 2. The lowest BCUT2D eigenvalue weighted by Gasteiger charge is -2.02. The van der Waals surface area contributed by atoms with Crippen LogP contribution in [0.15, 0.2) is 12.1 Å². The van der Waals surface area contributed by atoms with Gasteiger partial charge < -0.3 is 5.43 Å². The molecule has 0 aliphatic heterocycles. The fourth-order valence-corrected chi connectivity index (χ4v) is 0.747. The third-order valence-electron chi connectivity index (χ3n) is 1.49. The predicted molar refractivity (Wildman–Crippen MR) is 51.0 cm³/mol. The van der Waals surface area contributed by atoms with Gasteiger partial charge >= 0.3 is 6.18 Å². The highest BCUT2D eigenvalue weighted by atomic mass is 19.4. The van der Waals surface area contributed by atoms with Gasteiger partial charge in [0.05, 0.1) is 11.3 Å². The Morgan fingerprint density at radius 3 is 2.11 bits per heavy atom. The predicted octanol–water partition coefficient (Wildman–Crippen LogP) is 1.87. The lowest BCUT2D eigenvalue weighted by molar-refractivity contribution is -0.156. The fourth-order valence-electron chi connectivity index (χ4n) is 0.747. The number of benzene rings is 1. The molecule has 1 aromatic carbocycles. The van der Waals surface area contributed by atoms with E-state index in [-0.39, 0.29) is 11.3 Å². The lowest BCUT2D eigenvalue weighted by Crippen LogP contribution is -2.09. The van der Waals surface area contributed by atoms with Gasteiger partial charge in [-0.25, -0.2) is 8.78 Å². The van der Waals surface area contributed by atoms with Crippen molar-refractivity contribution < 1.29 is 26.7 Å². The molecule has 0 fully saturated rings. The van der Waals surface area contributed by atoms with Gasteiger partial charge in [-0.2, -0.15) is 18.4 Å². The summed E-state index contributed by atoms with van der Waals surface area (Å²) in [4.78, 5) is 8.70. The molecule has 0 saturated heterocycles. The molecule has 0 unspecified atom stereocenters. The average Bonchev–Trinajstić information content (AvgIpc) is 2.32. The maximum Gasteiger partial charge on any atom is 0.446 e. The molecule has 1 rings (SSSR count). The second-order valence-corrected chi connectivity index (χ2v) is 2.70. The normalized spacial score (nSPS) is 9.83. The highest BCUT2D eigenvalue weighted by Gasteiger charge is 2.24. The number of halogens is 5. The molecule has 0 radical (unpaired) electrons. The van der Waals surface area contributed by atoms with E-state index in [4.69, 9.17) is 15.9 Å². The van der Waals surface area contributed by atoms with E-state index in [1.165, 1.54) is 12.1 Å². The Morgan fingerprint density at radius 1 is 1.28 bits per heavy atom. The number of hydrogen-bond acceptors (Lipinski definition) is 4. The summed E-state index contributed by atoms with van der Waals surface area (Å²) in [6.45, 7) is 0. The summed E-state index contributed by atoms with van der Waals surface area (Å²) in [5.74, 6) is 2.54. The van der Waals surface area contributed by atoms with Gasteiger partial charge in [-0.05, 0) is 12.1 Å². The van der Waals surface area contributed by atoms with Crippen molar-refractivity contribution in [2.45, 2.75) is 6.18 Å². The van der Waals surface area contributed by atoms with Crippen LogP contribution in [0.25, 0.3) is 0 Å². The molecule has 0 atom stereocenters. The molecular formula is C9H6F5N3O. The Morgan fingerprint density at radius 2 is 1.78 bits per heavy atom. The Kier molecular flexibility index (Phi) is 5.71. The van der Waals surface area contributed by atoms with Gasteiger partial charge in [-0.3, -0.25) is 10.6 Å². The van der Waals surface area contributed by atoms with Crippen molar-refractivity contribution in [1.29, 1.82) is 5.26 Å². The summed E-state index contributed by atoms with van der Waals surface area (Å²) >= 11 is 0. The summed E-state index contributed by atoms with van der Waals surface area (Å²) in [7, 11) is 0. The second-order valence-electron chi connectivity index (χ2n) is 2.70. The summed E-state index contributed by atoms with van der Waals surface area (Å²) in [5.41, 5.74) is 1.45. The smallest absolute Gasteiger partial charge is 0.321 e. The van der Waals surface area contributed by atoms with E-state index in [2.05, 4.69) is 0 Å². The lowest BCUT2D eigenvalue weighted by atomic mass is 10.2. The van der Waals surface area contributed by atoms with Gasteiger partial charge in [0.1, 0.15) is 6.07 Å². The van der Waals surface area contributed by atoms with Gasteiger partial charge in [0.25, 0.3) is 0 Å². The van der Waals surface area contributed by atoms with E-state index in [1.54, 1.807) is 0 Å². The van der Waals surface area contributed by atoms with Gasteiger partial charge in [-0.1, -0.05) is 0 Å². The molecular weight excluding hydrogens is 261 g/mol. The van der Waals surface area contributed by atoms with Crippen LogP contribution < -0.4 is 11.3 Å². The number of nitrogens with two attached hydrogens (primary N) is 1. The monoisotopic (exact) mass is 267 g/mol. The maximum atomic E-state index is 12.8. The number of nitrogens with one attached hydrogen (secondary N) is 1. The molecule has 1 aromatic rings. The largest absolute Gasteiger partial charge is 0.446 e. The first-order valence-electron chi connectivity index (χ1n) is 4.14. The van der Waals surface area contributed by atoms with Crippen molar-refractivity contribution in [3.8, 4) is 6.07 Å². The molecule has 0 spiro atoms. The van der Waals surface area contributed by atoms with Crippen LogP contribution in [-0.4, -0.2) is 12.5 Å². The molecule has 18 heavy (non-hydrogen) atoms. The molecule has 0 bridgehead atoms. The Balaban J connectivity index is 0.000000411. The SMILES string of the molecule is N#Cc1ccc(NN)c(F)c1F.O=CC(F)(F)F. The van der Waals surface area contributed by atoms with Gasteiger partial charge in [0.15, 0.2) is 11.6 Å². The summed E-state index contributed by atoms with van der Waals surface area (Å²) in [5, 5.41) is 8.30. The number of carbonyl (C=O) groups is 1. The number of hydrazine groups is 1. The number of nitriles is 1. The number of carbonyl (C=O) groups excluding carboxylic acids is 1. The van der Waals surface area contributed by atoms with Crippen LogP contribution in [0.2, 0.25) is 0 Å². The van der Waals surface area contributed by atoms with Crippen LogP contribution in [0.5, 0.6) is 0 Å². The second kappa shape index (κ2) is 6.51. The zero-order chi connectivity index (χ0) is 14.3. The number of alkyl halides is 3. The van der Waals surface area contributed by atoms with Crippen molar-refractivity contribution in [2.24, 2.45) is 5.84 Å². The number of anilines is 1. The van der Waals surface area contributed by atoms with Crippen LogP contribution in [-0.2, 0) is 4.79 Å². The minimum atomic E-state index is -4.64. The molecule has 0 aromatic heterocycles. The molecule has 0 heterocycles. The molecule has 4 nitrogen and oxygen atoms in total. The van der Waals surface area contributed by atoms with Crippen LogP contribution in [0.3, 0.4) is 0 Å². The van der Waals surface area contributed by atoms with Gasteiger partial charge in [0.2, 0.25) is 6.29 Å². The molecule has 0 saturated carbocycles. The van der Waals surface area contributed by atoms with Crippen molar-refractivity contribution in [2.75, 3.05) is 5.43 Å². The average molecular weight is 267 g/mol. The Labute approximate surface area is 97.8 Å². The summed E-state index contributed by atoms with van der Waals surface area (Å²) < 4.78 is 56.8. The van der Waals surface area contributed by atoms with E-state index in [1.807, 2.05) is 5.43 Å². The Bertz CT molecular complexity index is 466. The first-order chi connectivity index (χ1) is 8.26. The fraction of sp³-hybridized carbons (Fsp3) is 0.111. The van der Waals surface area contributed by atoms with Gasteiger partial charge in [0, 0.05) is 0 Å². The number of nitrogen functional groups attached to an aromatic ring is 1. The third kappa shape index (κ3) is 4.75. The molecule has 0 aliphatic carbocycles. The van der Waals surface area contributed by atoms with Crippen molar-refractivity contribution in [3.63, 3.8) is 0 Å². The quantitative estimate of drug-likeness (QED) is 0.352. The van der Waals surface area contributed by atoms with E-state index in [9.17, 15) is 22.0 Å². The maximum absolute atomic E-state index is 12.8. The van der Waals surface area contributed by atoms with Crippen LogP contribution in [0, 0.1) is 23.0 Å². The zero-order valence-corrected chi connectivity index (χ0v) is 8.55. The van der Waals surface area contributed by atoms with Crippen LogP contribution >= 0.6 is 0 Å². The number of rotatable bonds is 1. The zero-order valence-electron chi connectivity index (χ0n) is 8.55. The van der Waals surface area contributed by atoms with E-state index in [0.717, 1.165) is 6.07 Å². The first-order valence-corrected chi connectivity index (χ1v) is 4.14. The highest BCUT2D eigenvalue weighted by molar-refractivity contribution is 5.56. The minimum absolute atomic E-state index is 0.175. The number of aldehydes is 1. The van der Waals surface area contributed by atoms with Crippen LogP contribution in [0.1, 0.15) is 5.56 Å².